The summed E-state index contributed by atoms with van der Waals surface area (Å²) in [5.74, 6) is 5.35. The van der Waals surface area contributed by atoms with Crippen molar-refractivity contribution in [2.45, 2.75) is 12.8 Å². The minimum absolute atomic E-state index is 0. The van der Waals surface area contributed by atoms with Gasteiger partial charge in [0.2, 0.25) is 25.0 Å². The van der Waals surface area contributed by atoms with Gasteiger partial charge in [-0.2, -0.15) is 0 Å². The molecule has 0 radical (unpaired) electrons. The number of para-hydroxylation sites is 2. The molecule has 0 aliphatic carbocycles. The Morgan fingerprint density at radius 1 is 0.508 bits per heavy atom. The number of benzene rings is 6. The smallest absolute Gasteiger partial charge is 0.313 e. The molecule has 0 amide bonds. The van der Waals surface area contributed by atoms with E-state index in [1.807, 2.05) is 133 Å². The number of nitrogens with zero attached hydrogens (tertiary/aromatic N) is 8. The summed E-state index contributed by atoms with van der Waals surface area (Å²) in [5, 5.41) is 19.8. The molecule has 2 aliphatic heterocycles. The van der Waals surface area contributed by atoms with E-state index in [9.17, 15) is 0 Å². The van der Waals surface area contributed by atoms with Crippen LogP contribution in [0.15, 0.2) is 133 Å². The highest BCUT2D eigenvalue weighted by Gasteiger charge is 2.28. The largest absolute Gasteiger partial charge is 1.00 e. The molecule has 294 valence electrons. The first-order chi connectivity index (χ1) is 28.6. The minimum atomic E-state index is 0. The number of fused-ring (bicyclic) bond motifs is 2. The van der Waals surface area contributed by atoms with E-state index in [2.05, 4.69) is 0 Å². The van der Waals surface area contributed by atoms with Gasteiger partial charge in [0, 0.05) is 9.59 Å². The molecule has 0 bridgehead atoms. The molecule has 0 spiro atoms. The summed E-state index contributed by atoms with van der Waals surface area (Å²) < 4.78 is 34.3. The lowest BCUT2D eigenvalue weighted by atomic mass is 10.0. The zero-order valence-electron chi connectivity index (χ0n) is 31.9. The summed E-state index contributed by atoms with van der Waals surface area (Å²) in [6.07, 6.45) is 0.970. The Hall–Kier alpha value is -7.45. The first-order valence-electron chi connectivity index (χ1n) is 18.6. The van der Waals surface area contributed by atoms with Crippen molar-refractivity contribution in [1.82, 2.24) is 30.0 Å². The molecular weight excluding hydrogens is 772 g/mol. The standard InChI is InChI=1S/C44H36N8O6.ClH/c1-53-39-25-31(15-17-35(39)51-47-43(45-49(51)33-9-5-3-6-10-33)23-29-13-19-37-41(21-29)57-27-55-37)32-16-18-36(40(26-32)54-2)52-48-44(46-50(52)34-11-7-4-8-12-34)24-30-14-20-38-42(22-30)58-28-56-38;/h3-22,25-26H,23-24,27-28H2,1-2H3;1H/q+2;/p-1. The van der Waals surface area contributed by atoms with Crippen LogP contribution < -0.4 is 50.4 Å². The van der Waals surface area contributed by atoms with Gasteiger partial charge in [-0.1, -0.05) is 48.5 Å². The second-order valence-electron chi connectivity index (χ2n) is 13.6. The van der Waals surface area contributed by atoms with Crippen molar-refractivity contribution in [3.8, 4) is 68.4 Å². The van der Waals surface area contributed by atoms with Crippen molar-refractivity contribution in [3.05, 3.63) is 156 Å². The second kappa shape index (κ2) is 15.8. The molecule has 15 heteroatoms. The zero-order valence-corrected chi connectivity index (χ0v) is 32.7. The van der Waals surface area contributed by atoms with Crippen molar-refractivity contribution in [1.29, 1.82) is 0 Å². The number of hydrogen-bond donors (Lipinski definition) is 0. The number of tetrazole rings is 2. The monoisotopic (exact) mass is 807 g/mol. The summed E-state index contributed by atoms with van der Waals surface area (Å²) in [5.41, 5.74) is 6.95. The van der Waals surface area contributed by atoms with Gasteiger partial charge in [-0.3, -0.25) is 0 Å². The van der Waals surface area contributed by atoms with Crippen LogP contribution in [0.4, 0.5) is 0 Å². The SMILES string of the molecule is COc1cc(-c2ccc(-[n+]3nc(Cc4ccc5c(c4)OCO5)nn3-c3ccccc3)c(OC)c2)ccc1-[n+]1nc(Cc2ccc3c(c2)OCO3)nn1-c1ccccc1.[Cl-]. The van der Waals surface area contributed by atoms with Gasteiger partial charge in [-0.05, 0) is 127 Å². The van der Waals surface area contributed by atoms with E-state index < -0.39 is 0 Å². The van der Waals surface area contributed by atoms with Gasteiger partial charge in [-0.25, -0.2) is 0 Å². The third-order valence-corrected chi connectivity index (χ3v) is 9.90. The number of aromatic nitrogens is 8. The predicted octanol–water partition coefficient (Wildman–Crippen LogP) is 2.73. The van der Waals surface area contributed by atoms with E-state index in [0.717, 1.165) is 45.1 Å². The molecular formula is C44H36ClN8O6+. The zero-order chi connectivity index (χ0) is 39.0. The number of rotatable bonds is 11. The van der Waals surface area contributed by atoms with E-state index in [4.69, 9.17) is 48.8 Å². The van der Waals surface area contributed by atoms with Gasteiger partial charge in [0.25, 0.3) is 0 Å². The minimum Gasteiger partial charge on any atom is -1.00 e. The third kappa shape index (κ3) is 7.21. The molecule has 10 rings (SSSR count). The third-order valence-electron chi connectivity index (χ3n) is 9.90. The molecule has 0 N–H and O–H groups in total. The molecule has 2 aliphatic rings. The lowest BCUT2D eigenvalue weighted by Crippen LogP contribution is -3.00. The molecule has 59 heavy (non-hydrogen) atoms. The van der Waals surface area contributed by atoms with Crippen molar-refractivity contribution in [2.75, 3.05) is 27.8 Å². The second-order valence-corrected chi connectivity index (χ2v) is 13.6. The lowest BCUT2D eigenvalue weighted by Gasteiger charge is -2.11. The molecule has 4 heterocycles. The number of hydrogen-bond acceptors (Lipinski definition) is 10. The number of halogens is 1. The summed E-state index contributed by atoms with van der Waals surface area (Å²) in [4.78, 5) is 7.08. The molecule has 0 fully saturated rings. The normalized spacial score (nSPS) is 12.3. The Kier molecular flexibility index (Phi) is 9.97. The van der Waals surface area contributed by atoms with Crippen LogP contribution in [0, 0.1) is 0 Å². The van der Waals surface area contributed by atoms with Gasteiger partial charge < -0.3 is 40.8 Å². The summed E-state index contributed by atoms with van der Waals surface area (Å²) in [6.45, 7) is 0.431. The van der Waals surface area contributed by atoms with Gasteiger partial charge in [0.1, 0.15) is 11.4 Å². The molecule has 0 unspecified atom stereocenters. The molecule has 14 nitrogen and oxygen atoms in total. The van der Waals surface area contributed by atoms with Gasteiger partial charge in [-0.15, -0.1) is 0 Å². The van der Waals surface area contributed by atoms with Crippen LogP contribution in [0.5, 0.6) is 34.5 Å². The Balaban J connectivity index is 0.00000449. The van der Waals surface area contributed by atoms with Crippen molar-refractivity contribution < 1.29 is 50.4 Å². The average Bonchev–Trinajstić information content (AvgIpc) is 4.11. The van der Waals surface area contributed by atoms with Crippen LogP contribution in [0.25, 0.3) is 33.9 Å². The highest BCUT2D eigenvalue weighted by molar-refractivity contribution is 5.70. The maximum atomic E-state index is 6.02. The topological polar surface area (TPSA) is 125 Å². The average molecular weight is 808 g/mol. The van der Waals surface area contributed by atoms with Gasteiger partial charge in [0.15, 0.2) is 34.5 Å². The first-order valence-corrected chi connectivity index (χ1v) is 18.6. The molecule has 8 aromatic rings. The van der Waals surface area contributed by atoms with Crippen LogP contribution in [0.1, 0.15) is 22.8 Å². The maximum Gasteiger partial charge on any atom is 0.313 e. The number of ether oxygens (including phenoxy) is 6. The fourth-order valence-electron chi connectivity index (χ4n) is 7.07. The van der Waals surface area contributed by atoms with E-state index in [1.54, 1.807) is 33.4 Å². The molecule has 0 saturated heterocycles. The summed E-state index contributed by atoms with van der Waals surface area (Å²) in [7, 11) is 3.30. The molecule has 0 saturated carbocycles. The Morgan fingerprint density at radius 2 is 0.932 bits per heavy atom. The highest BCUT2D eigenvalue weighted by Crippen LogP contribution is 2.35. The highest BCUT2D eigenvalue weighted by atomic mass is 35.5. The van der Waals surface area contributed by atoms with Gasteiger partial charge >= 0.3 is 11.6 Å². The first kappa shape index (κ1) is 37.1. The van der Waals surface area contributed by atoms with E-state index >= 15 is 0 Å². The lowest BCUT2D eigenvalue weighted by molar-refractivity contribution is -0.735. The quantitative estimate of drug-likeness (QED) is 0.180. The molecule has 6 aromatic carbocycles. The molecule has 0 atom stereocenters. The van der Waals surface area contributed by atoms with Gasteiger partial charge in [0.05, 0.1) is 37.3 Å². The van der Waals surface area contributed by atoms with Crippen LogP contribution in [0.3, 0.4) is 0 Å². The van der Waals surface area contributed by atoms with E-state index in [-0.39, 0.29) is 26.0 Å². The van der Waals surface area contributed by atoms with Crippen molar-refractivity contribution in [2.24, 2.45) is 0 Å². The van der Waals surface area contributed by atoms with Crippen LogP contribution in [-0.2, 0) is 12.8 Å². The molecule has 2 aromatic heterocycles. The fraction of sp³-hybridized carbons (Fsp3) is 0.136. The Morgan fingerprint density at radius 3 is 1.36 bits per heavy atom. The van der Waals surface area contributed by atoms with Crippen molar-refractivity contribution >= 4 is 0 Å². The Bertz CT molecular complexity index is 2610. The van der Waals surface area contributed by atoms with Crippen LogP contribution in [0.2, 0.25) is 0 Å². The summed E-state index contributed by atoms with van der Waals surface area (Å²) in [6, 6.07) is 43.5. The van der Waals surface area contributed by atoms with E-state index in [1.165, 1.54) is 0 Å². The van der Waals surface area contributed by atoms with Crippen molar-refractivity contribution in [3.63, 3.8) is 0 Å². The van der Waals surface area contributed by atoms with E-state index in [0.29, 0.717) is 58.9 Å². The fourth-order valence-corrected chi connectivity index (χ4v) is 7.07. The maximum absolute atomic E-state index is 6.02. The van der Waals surface area contributed by atoms with Crippen LogP contribution in [-0.4, -0.2) is 57.8 Å². The summed E-state index contributed by atoms with van der Waals surface area (Å²) >= 11 is 0. The van der Waals surface area contributed by atoms with Crippen LogP contribution >= 0.6 is 0 Å². The predicted molar refractivity (Wildman–Crippen MR) is 209 cm³/mol. The Labute approximate surface area is 344 Å². The number of methoxy groups -OCH3 is 2.